The van der Waals surface area contributed by atoms with E-state index in [4.69, 9.17) is 9.47 Å². The molecule has 5 rings (SSSR count). The van der Waals surface area contributed by atoms with Crippen molar-refractivity contribution >= 4 is 0 Å². The van der Waals surface area contributed by atoms with Crippen LogP contribution in [0, 0.1) is 6.92 Å². The SMILES string of the molecule is COc1ccc(CN2CCC3(C2)Cn2c(-c4cccc(C)c4)cnc2CO3)cc1. The summed E-state index contributed by atoms with van der Waals surface area (Å²) < 4.78 is 14.0. The van der Waals surface area contributed by atoms with Crippen LogP contribution in [0.3, 0.4) is 0 Å². The Morgan fingerprint density at radius 1 is 1.14 bits per heavy atom. The van der Waals surface area contributed by atoms with Crippen LogP contribution in [-0.4, -0.2) is 40.3 Å². The van der Waals surface area contributed by atoms with Crippen LogP contribution in [0.15, 0.2) is 54.7 Å². The summed E-state index contributed by atoms with van der Waals surface area (Å²) in [6, 6.07) is 17.0. The molecule has 5 heteroatoms. The van der Waals surface area contributed by atoms with Crippen molar-refractivity contribution in [2.45, 2.75) is 38.6 Å². The van der Waals surface area contributed by atoms with E-state index in [2.05, 4.69) is 57.8 Å². The fourth-order valence-electron chi connectivity index (χ4n) is 4.59. The fraction of sp³-hybridized carbons (Fsp3) is 0.375. The maximum atomic E-state index is 6.39. The van der Waals surface area contributed by atoms with E-state index in [-0.39, 0.29) is 5.60 Å². The quantitative estimate of drug-likeness (QED) is 0.675. The van der Waals surface area contributed by atoms with E-state index < -0.39 is 0 Å². The summed E-state index contributed by atoms with van der Waals surface area (Å²) in [6.45, 7) is 6.53. The number of benzene rings is 2. The van der Waals surface area contributed by atoms with E-state index >= 15 is 0 Å². The molecule has 2 aliphatic heterocycles. The molecule has 2 aliphatic rings. The normalized spacial score (nSPS) is 21.4. The maximum absolute atomic E-state index is 6.39. The van der Waals surface area contributed by atoms with Gasteiger partial charge in [-0.1, -0.05) is 35.9 Å². The molecule has 29 heavy (non-hydrogen) atoms. The minimum absolute atomic E-state index is 0.126. The third kappa shape index (κ3) is 3.56. The van der Waals surface area contributed by atoms with Gasteiger partial charge in [-0.15, -0.1) is 0 Å². The van der Waals surface area contributed by atoms with Gasteiger partial charge in [0.05, 0.1) is 25.5 Å². The number of aromatic nitrogens is 2. The second-order valence-corrected chi connectivity index (χ2v) is 8.30. The number of ether oxygens (including phenoxy) is 2. The number of likely N-dealkylation sites (tertiary alicyclic amines) is 1. The van der Waals surface area contributed by atoms with Crippen LogP contribution in [0.1, 0.15) is 23.4 Å². The zero-order valence-electron chi connectivity index (χ0n) is 17.1. The number of aryl methyl sites for hydroxylation is 1. The number of hydrogen-bond donors (Lipinski definition) is 0. The molecule has 0 radical (unpaired) electrons. The Balaban J connectivity index is 1.33. The first-order chi connectivity index (χ1) is 14.1. The van der Waals surface area contributed by atoms with Gasteiger partial charge in [-0.2, -0.15) is 0 Å². The highest BCUT2D eigenvalue weighted by Crippen LogP contribution is 2.35. The Hall–Kier alpha value is -2.63. The number of fused-ring (bicyclic) bond motifs is 1. The van der Waals surface area contributed by atoms with E-state index in [1.807, 2.05) is 18.3 Å². The van der Waals surface area contributed by atoms with Gasteiger partial charge in [0.25, 0.3) is 0 Å². The van der Waals surface area contributed by atoms with Crippen molar-refractivity contribution in [3.63, 3.8) is 0 Å². The predicted octanol–water partition coefficient (Wildman–Crippen LogP) is 4.04. The first-order valence-electron chi connectivity index (χ1n) is 10.2. The molecule has 1 unspecified atom stereocenters. The smallest absolute Gasteiger partial charge is 0.135 e. The van der Waals surface area contributed by atoms with Crippen LogP contribution in [0.4, 0.5) is 0 Å². The lowest BCUT2D eigenvalue weighted by atomic mass is 10.0. The molecule has 3 heterocycles. The highest BCUT2D eigenvalue weighted by molar-refractivity contribution is 5.60. The number of nitrogens with zero attached hydrogens (tertiary/aromatic N) is 3. The lowest BCUT2D eigenvalue weighted by Gasteiger charge is -2.35. The molecule has 2 aromatic carbocycles. The lowest BCUT2D eigenvalue weighted by molar-refractivity contribution is -0.0821. The van der Waals surface area contributed by atoms with Crippen LogP contribution in [0.25, 0.3) is 11.3 Å². The van der Waals surface area contributed by atoms with Gasteiger partial charge in [-0.05, 0) is 37.1 Å². The molecule has 0 saturated carbocycles. The molecule has 5 nitrogen and oxygen atoms in total. The Morgan fingerprint density at radius 3 is 2.79 bits per heavy atom. The topological polar surface area (TPSA) is 39.5 Å². The highest BCUT2D eigenvalue weighted by Gasteiger charge is 2.43. The number of methoxy groups -OCH3 is 1. The maximum Gasteiger partial charge on any atom is 0.135 e. The summed E-state index contributed by atoms with van der Waals surface area (Å²) in [4.78, 5) is 7.13. The average molecular weight is 389 g/mol. The Labute approximate surface area is 171 Å². The van der Waals surface area contributed by atoms with Crippen molar-refractivity contribution in [1.29, 1.82) is 0 Å². The first-order valence-corrected chi connectivity index (χ1v) is 10.2. The van der Waals surface area contributed by atoms with Gasteiger partial charge in [-0.25, -0.2) is 4.98 Å². The van der Waals surface area contributed by atoms with Crippen molar-refractivity contribution in [3.05, 3.63) is 71.7 Å². The van der Waals surface area contributed by atoms with Gasteiger partial charge in [0.1, 0.15) is 23.8 Å². The van der Waals surface area contributed by atoms with E-state index in [1.54, 1.807) is 7.11 Å². The largest absolute Gasteiger partial charge is 0.497 e. The molecule has 3 aromatic rings. The van der Waals surface area contributed by atoms with Crippen LogP contribution >= 0.6 is 0 Å². The molecule has 1 spiro atoms. The minimum Gasteiger partial charge on any atom is -0.497 e. The number of rotatable bonds is 4. The Bertz CT molecular complexity index is 1010. The Morgan fingerprint density at radius 2 is 2.00 bits per heavy atom. The van der Waals surface area contributed by atoms with E-state index in [0.717, 1.165) is 44.2 Å². The van der Waals surface area contributed by atoms with Gasteiger partial charge in [0, 0.05) is 25.2 Å². The summed E-state index contributed by atoms with van der Waals surface area (Å²) in [5, 5.41) is 0. The van der Waals surface area contributed by atoms with E-state index in [1.165, 1.54) is 22.4 Å². The Kier molecular flexibility index (Phi) is 4.64. The monoisotopic (exact) mass is 389 g/mol. The van der Waals surface area contributed by atoms with Gasteiger partial charge in [-0.3, -0.25) is 4.90 Å². The first kappa shape index (κ1) is 18.4. The van der Waals surface area contributed by atoms with E-state index in [9.17, 15) is 0 Å². The second kappa shape index (κ2) is 7.32. The van der Waals surface area contributed by atoms with Gasteiger partial charge in [0.15, 0.2) is 0 Å². The van der Waals surface area contributed by atoms with Gasteiger partial charge in [0.2, 0.25) is 0 Å². The fourth-order valence-corrected chi connectivity index (χ4v) is 4.59. The molecule has 0 aliphatic carbocycles. The van der Waals surface area contributed by atoms with Crippen molar-refractivity contribution in [1.82, 2.24) is 14.5 Å². The second-order valence-electron chi connectivity index (χ2n) is 8.30. The van der Waals surface area contributed by atoms with Gasteiger partial charge >= 0.3 is 0 Å². The summed E-state index contributed by atoms with van der Waals surface area (Å²) in [5.74, 6) is 1.93. The van der Waals surface area contributed by atoms with Crippen molar-refractivity contribution in [2.75, 3.05) is 20.2 Å². The number of imidazole rings is 1. The molecular formula is C24H27N3O2. The lowest BCUT2D eigenvalue weighted by Crippen LogP contribution is -2.44. The zero-order valence-corrected chi connectivity index (χ0v) is 17.1. The highest BCUT2D eigenvalue weighted by atomic mass is 16.5. The van der Waals surface area contributed by atoms with Gasteiger partial charge < -0.3 is 14.0 Å². The van der Waals surface area contributed by atoms with Crippen LogP contribution in [0.2, 0.25) is 0 Å². The van der Waals surface area contributed by atoms with Crippen molar-refractivity contribution in [3.8, 4) is 17.0 Å². The molecule has 0 amide bonds. The third-order valence-corrected chi connectivity index (χ3v) is 6.17. The number of hydrogen-bond acceptors (Lipinski definition) is 4. The minimum atomic E-state index is -0.126. The molecule has 150 valence electrons. The standard InChI is InChI=1S/C24H27N3O2/c1-18-4-3-5-20(12-18)22-13-25-23-15-29-24(17-27(22)23)10-11-26(16-24)14-19-6-8-21(28-2)9-7-19/h3-9,12-13H,10-11,14-17H2,1-2H3. The molecule has 1 atom stereocenters. The van der Waals surface area contributed by atoms with Crippen LogP contribution in [0.5, 0.6) is 5.75 Å². The molecule has 1 saturated heterocycles. The molecule has 1 fully saturated rings. The molecule has 0 bridgehead atoms. The zero-order chi connectivity index (χ0) is 19.8. The molecule has 0 N–H and O–H groups in total. The van der Waals surface area contributed by atoms with Crippen molar-refractivity contribution in [2.24, 2.45) is 0 Å². The molecule has 1 aromatic heterocycles. The summed E-state index contributed by atoms with van der Waals surface area (Å²) in [7, 11) is 1.70. The molecular weight excluding hydrogens is 362 g/mol. The summed E-state index contributed by atoms with van der Waals surface area (Å²) in [6.07, 6.45) is 3.05. The average Bonchev–Trinajstić information content (AvgIpc) is 3.33. The summed E-state index contributed by atoms with van der Waals surface area (Å²) in [5.41, 5.74) is 4.88. The van der Waals surface area contributed by atoms with Crippen LogP contribution in [-0.2, 0) is 24.4 Å². The van der Waals surface area contributed by atoms with Crippen molar-refractivity contribution < 1.29 is 9.47 Å². The predicted molar refractivity (Wildman–Crippen MR) is 113 cm³/mol. The van der Waals surface area contributed by atoms with Crippen LogP contribution < -0.4 is 4.74 Å². The third-order valence-electron chi connectivity index (χ3n) is 6.17. The van der Waals surface area contributed by atoms with E-state index in [0.29, 0.717) is 6.61 Å². The summed E-state index contributed by atoms with van der Waals surface area (Å²) >= 11 is 0.